The van der Waals surface area contributed by atoms with Crippen LogP contribution in [-0.2, 0) is 9.16 Å². The van der Waals surface area contributed by atoms with Gasteiger partial charge in [0.2, 0.25) is 8.32 Å². The molecule has 3 heteroatoms. The second-order valence-corrected chi connectivity index (χ2v) is 8.81. The molecule has 0 aliphatic rings. The molecule has 0 fully saturated rings. The van der Waals surface area contributed by atoms with Crippen molar-refractivity contribution in [1.29, 1.82) is 0 Å². The Balaban J connectivity index is 4.26. The van der Waals surface area contributed by atoms with Gasteiger partial charge in [0.15, 0.2) is 0 Å². The molecule has 0 aromatic heterocycles. The van der Waals surface area contributed by atoms with Crippen molar-refractivity contribution in [2.75, 3.05) is 6.61 Å². The van der Waals surface area contributed by atoms with Crippen LogP contribution in [0.15, 0.2) is 12.0 Å². The Kier molecular flexibility index (Phi) is 5.14. The molecule has 0 rings (SSSR count). The van der Waals surface area contributed by atoms with E-state index in [1.807, 2.05) is 13.0 Å². The fraction of sp³-hybridized carbons (Fsp3) is 0.800. The molecule has 0 saturated carbocycles. The van der Waals surface area contributed by atoms with Gasteiger partial charge in [-0.25, -0.2) is 0 Å². The van der Waals surface area contributed by atoms with Gasteiger partial charge in [-0.15, -0.1) is 0 Å². The number of allylic oxidation sites excluding steroid dienone is 1. The summed E-state index contributed by atoms with van der Waals surface area (Å²) in [4.78, 5) is 0. The molecule has 0 N–H and O–H groups in total. The molecular weight excluding hydrogens is 180 g/mol. The molecule has 13 heavy (non-hydrogen) atoms. The van der Waals surface area contributed by atoms with Crippen LogP contribution in [0, 0.1) is 5.92 Å². The molecule has 78 valence electrons. The van der Waals surface area contributed by atoms with Crippen LogP contribution in [0.4, 0.5) is 0 Å². The number of ether oxygens (including phenoxy) is 1. The number of hydrogen-bond donors (Lipinski definition) is 0. The van der Waals surface area contributed by atoms with Gasteiger partial charge in [-0.3, -0.25) is 0 Å². The number of hydrogen-bond acceptors (Lipinski definition) is 2. The minimum Gasteiger partial charge on any atom is -0.520 e. The minimum atomic E-state index is -1.52. The summed E-state index contributed by atoms with van der Waals surface area (Å²) in [5.74, 6) is 1.18. The summed E-state index contributed by atoms with van der Waals surface area (Å²) < 4.78 is 11.2. The first-order valence-corrected chi connectivity index (χ1v) is 8.29. The fourth-order valence-electron chi connectivity index (χ4n) is 0.828. The molecule has 0 aliphatic heterocycles. The summed E-state index contributed by atoms with van der Waals surface area (Å²) in [7, 11) is -1.52. The fourth-order valence-corrected chi connectivity index (χ4v) is 1.56. The van der Waals surface area contributed by atoms with E-state index in [-0.39, 0.29) is 0 Å². The summed E-state index contributed by atoms with van der Waals surface area (Å²) in [6.07, 6.45) is 2.03. The molecule has 2 nitrogen and oxygen atoms in total. The predicted molar refractivity (Wildman–Crippen MR) is 59.0 cm³/mol. The van der Waals surface area contributed by atoms with Gasteiger partial charge in [-0.05, 0) is 38.6 Å². The smallest absolute Gasteiger partial charge is 0.261 e. The average Bonchev–Trinajstić information content (AvgIpc) is 1.81. The Bertz CT molecular complexity index is 168. The molecule has 0 saturated heterocycles. The maximum Gasteiger partial charge on any atom is 0.261 e. The van der Waals surface area contributed by atoms with Crippen LogP contribution in [0.1, 0.15) is 20.8 Å². The monoisotopic (exact) mass is 202 g/mol. The highest BCUT2D eigenvalue weighted by atomic mass is 28.4. The van der Waals surface area contributed by atoms with Crippen molar-refractivity contribution in [3.8, 4) is 0 Å². The molecular formula is C10H22O2Si. The highest BCUT2D eigenvalue weighted by Gasteiger charge is 2.18. The van der Waals surface area contributed by atoms with E-state index in [2.05, 4.69) is 33.5 Å². The van der Waals surface area contributed by atoms with Gasteiger partial charge < -0.3 is 9.16 Å². The SMILES string of the molecule is CCO/C(=C/C(C)C)O[Si](C)(C)C. The highest BCUT2D eigenvalue weighted by molar-refractivity contribution is 6.69. The zero-order chi connectivity index (χ0) is 10.5. The molecule has 0 unspecified atom stereocenters. The van der Waals surface area contributed by atoms with Crippen molar-refractivity contribution in [3.63, 3.8) is 0 Å². The van der Waals surface area contributed by atoms with Crippen molar-refractivity contribution in [3.05, 3.63) is 12.0 Å². The Labute approximate surface area is 83.1 Å². The van der Waals surface area contributed by atoms with E-state index in [9.17, 15) is 0 Å². The van der Waals surface area contributed by atoms with Crippen molar-refractivity contribution >= 4 is 8.32 Å². The van der Waals surface area contributed by atoms with E-state index < -0.39 is 8.32 Å². The van der Waals surface area contributed by atoms with Gasteiger partial charge in [-0.1, -0.05) is 13.8 Å². The Morgan fingerprint density at radius 1 is 1.31 bits per heavy atom. The molecule has 0 spiro atoms. The molecule has 0 amide bonds. The quantitative estimate of drug-likeness (QED) is 0.502. The molecule has 0 heterocycles. The van der Waals surface area contributed by atoms with Gasteiger partial charge in [-0.2, -0.15) is 0 Å². The van der Waals surface area contributed by atoms with E-state index in [1.165, 1.54) is 0 Å². The van der Waals surface area contributed by atoms with Crippen molar-refractivity contribution in [2.45, 2.75) is 40.4 Å². The lowest BCUT2D eigenvalue weighted by molar-refractivity contribution is 0.109. The molecule has 0 aliphatic carbocycles. The molecule has 0 bridgehead atoms. The average molecular weight is 202 g/mol. The molecule has 0 aromatic carbocycles. The summed E-state index contributed by atoms with van der Waals surface area (Å²) in [6.45, 7) is 13.3. The van der Waals surface area contributed by atoms with Crippen LogP contribution in [0.2, 0.25) is 19.6 Å². The van der Waals surface area contributed by atoms with E-state index in [0.29, 0.717) is 18.5 Å². The largest absolute Gasteiger partial charge is 0.520 e. The maximum absolute atomic E-state index is 5.77. The zero-order valence-electron chi connectivity index (χ0n) is 9.68. The van der Waals surface area contributed by atoms with E-state index >= 15 is 0 Å². The Morgan fingerprint density at radius 2 is 1.85 bits per heavy atom. The molecule has 0 atom stereocenters. The first kappa shape index (κ1) is 12.6. The van der Waals surface area contributed by atoms with E-state index in [1.54, 1.807) is 0 Å². The van der Waals surface area contributed by atoms with Crippen LogP contribution in [0.3, 0.4) is 0 Å². The van der Waals surface area contributed by atoms with E-state index in [4.69, 9.17) is 9.16 Å². The van der Waals surface area contributed by atoms with Gasteiger partial charge in [0.25, 0.3) is 5.95 Å². The second kappa shape index (κ2) is 5.32. The van der Waals surface area contributed by atoms with Crippen molar-refractivity contribution in [1.82, 2.24) is 0 Å². The maximum atomic E-state index is 5.77. The third-order valence-corrected chi connectivity index (χ3v) is 1.98. The van der Waals surface area contributed by atoms with Gasteiger partial charge >= 0.3 is 0 Å². The topological polar surface area (TPSA) is 18.5 Å². The van der Waals surface area contributed by atoms with Gasteiger partial charge in [0.05, 0.1) is 6.61 Å². The summed E-state index contributed by atoms with van der Waals surface area (Å²) in [6, 6.07) is 0. The lowest BCUT2D eigenvalue weighted by Crippen LogP contribution is -2.25. The second-order valence-electron chi connectivity index (χ2n) is 4.38. The lowest BCUT2D eigenvalue weighted by atomic mass is 10.2. The lowest BCUT2D eigenvalue weighted by Gasteiger charge is -2.21. The number of rotatable bonds is 5. The first-order chi connectivity index (χ1) is 5.85. The van der Waals surface area contributed by atoms with Crippen molar-refractivity contribution in [2.24, 2.45) is 5.92 Å². The van der Waals surface area contributed by atoms with Gasteiger partial charge in [0, 0.05) is 0 Å². The summed E-state index contributed by atoms with van der Waals surface area (Å²) >= 11 is 0. The van der Waals surface area contributed by atoms with Crippen LogP contribution >= 0.6 is 0 Å². The van der Waals surface area contributed by atoms with Crippen molar-refractivity contribution < 1.29 is 9.16 Å². The molecule has 0 aromatic rings. The van der Waals surface area contributed by atoms with Crippen LogP contribution in [0.25, 0.3) is 0 Å². The Hall–Kier alpha value is -0.443. The highest BCUT2D eigenvalue weighted by Crippen LogP contribution is 2.13. The third-order valence-electron chi connectivity index (χ3n) is 1.16. The Morgan fingerprint density at radius 3 is 2.15 bits per heavy atom. The molecule has 0 radical (unpaired) electrons. The van der Waals surface area contributed by atoms with Crippen LogP contribution in [-0.4, -0.2) is 14.9 Å². The first-order valence-electron chi connectivity index (χ1n) is 4.88. The van der Waals surface area contributed by atoms with Crippen LogP contribution in [0.5, 0.6) is 0 Å². The summed E-state index contributed by atoms with van der Waals surface area (Å²) in [5, 5.41) is 0. The standard InChI is InChI=1S/C10H22O2Si/c1-7-11-10(8-9(2)3)12-13(4,5)6/h8-9H,7H2,1-6H3/b10-8-. The predicted octanol–water partition coefficient (Wildman–Crippen LogP) is 3.37. The van der Waals surface area contributed by atoms with Gasteiger partial charge in [0.1, 0.15) is 0 Å². The zero-order valence-corrected chi connectivity index (χ0v) is 10.7. The van der Waals surface area contributed by atoms with E-state index in [0.717, 1.165) is 0 Å². The minimum absolute atomic E-state index is 0.470. The van der Waals surface area contributed by atoms with Crippen LogP contribution < -0.4 is 0 Å². The third kappa shape index (κ3) is 7.90. The normalized spacial score (nSPS) is 13.3. The summed E-state index contributed by atoms with van der Waals surface area (Å²) in [5.41, 5.74) is 0.